The molecule has 1 aliphatic carbocycles. The molecule has 3 heteroatoms. The minimum absolute atomic E-state index is 0.539. The van der Waals surface area contributed by atoms with Crippen LogP contribution in [0.3, 0.4) is 0 Å². The number of benzene rings is 1. The van der Waals surface area contributed by atoms with Crippen molar-refractivity contribution < 1.29 is 0 Å². The van der Waals surface area contributed by atoms with Gasteiger partial charge in [-0.3, -0.25) is 0 Å². The summed E-state index contributed by atoms with van der Waals surface area (Å²) in [5, 5.41) is 3.73. The molecule has 2 unspecified atom stereocenters. The fraction of sp³-hybridized carbons (Fsp3) is 0.611. The first-order valence-corrected chi connectivity index (χ1v) is 8.48. The molecule has 0 bridgehead atoms. The maximum atomic E-state index is 4.77. The molecule has 1 aromatic heterocycles. The molecule has 1 aromatic carbocycles. The third-order valence-electron chi connectivity index (χ3n) is 4.80. The molecule has 2 aromatic rings. The van der Waals surface area contributed by atoms with Gasteiger partial charge in [-0.2, -0.15) is 0 Å². The molecule has 1 saturated carbocycles. The monoisotopic (exact) mass is 285 g/mol. The van der Waals surface area contributed by atoms with Gasteiger partial charge in [0, 0.05) is 6.04 Å². The second kappa shape index (κ2) is 6.61. The van der Waals surface area contributed by atoms with E-state index in [0.29, 0.717) is 12.1 Å². The normalized spacial score (nSPS) is 23.9. The highest BCUT2D eigenvalue weighted by Crippen LogP contribution is 2.31. The van der Waals surface area contributed by atoms with Crippen LogP contribution >= 0.6 is 0 Å². The first kappa shape index (κ1) is 14.6. The minimum Gasteiger partial charge on any atom is -0.324 e. The molecule has 0 amide bonds. The topological polar surface area (TPSA) is 29.9 Å². The number of hydrogen-bond donors (Lipinski definition) is 1. The minimum atomic E-state index is 0.539. The Hall–Kier alpha value is -1.35. The van der Waals surface area contributed by atoms with Crippen LogP contribution < -0.4 is 5.32 Å². The molecule has 1 N–H and O–H groups in total. The van der Waals surface area contributed by atoms with Crippen molar-refractivity contribution in [1.29, 1.82) is 0 Å². The van der Waals surface area contributed by atoms with E-state index in [0.717, 1.165) is 17.9 Å². The maximum Gasteiger partial charge on any atom is 0.107 e. The van der Waals surface area contributed by atoms with Crippen molar-refractivity contribution in [3.63, 3.8) is 0 Å². The summed E-state index contributed by atoms with van der Waals surface area (Å²) in [7, 11) is 0. The number of imidazole rings is 1. The standard InChI is InChI=1S/C18H27N3/c1-3-19-15-10-6-4-5-7-12-17(15)21-14(2)20-16-11-8-9-13-18(16)21/h8-9,11,13,15,17,19H,3-7,10,12H2,1-2H3. The van der Waals surface area contributed by atoms with Crippen LogP contribution in [-0.2, 0) is 0 Å². The molecule has 1 heterocycles. The van der Waals surface area contributed by atoms with Gasteiger partial charge in [0.05, 0.1) is 17.1 Å². The summed E-state index contributed by atoms with van der Waals surface area (Å²) >= 11 is 0. The molecule has 0 saturated heterocycles. The Morgan fingerprint density at radius 1 is 1.14 bits per heavy atom. The first-order valence-electron chi connectivity index (χ1n) is 8.48. The smallest absolute Gasteiger partial charge is 0.107 e. The van der Waals surface area contributed by atoms with Gasteiger partial charge < -0.3 is 9.88 Å². The highest BCUT2D eigenvalue weighted by atomic mass is 15.1. The predicted molar refractivity (Wildman–Crippen MR) is 88.7 cm³/mol. The zero-order valence-electron chi connectivity index (χ0n) is 13.3. The summed E-state index contributed by atoms with van der Waals surface area (Å²) in [5.74, 6) is 1.16. The molecule has 2 atom stereocenters. The lowest BCUT2D eigenvalue weighted by Gasteiger charge is -2.32. The molecule has 3 rings (SSSR count). The molecule has 114 valence electrons. The van der Waals surface area contributed by atoms with E-state index >= 15 is 0 Å². The Bertz CT molecular complexity index is 587. The second-order valence-electron chi connectivity index (χ2n) is 6.24. The van der Waals surface area contributed by atoms with E-state index in [4.69, 9.17) is 4.98 Å². The zero-order valence-corrected chi connectivity index (χ0v) is 13.3. The van der Waals surface area contributed by atoms with Crippen LogP contribution in [0.1, 0.15) is 57.3 Å². The van der Waals surface area contributed by atoms with Gasteiger partial charge in [0.1, 0.15) is 5.82 Å². The van der Waals surface area contributed by atoms with E-state index in [9.17, 15) is 0 Å². The number of aryl methyl sites for hydroxylation is 1. The summed E-state index contributed by atoms with van der Waals surface area (Å²) < 4.78 is 2.49. The van der Waals surface area contributed by atoms with Crippen molar-refractivity contribution in [1.82, 2.24) is 14.9 Å². The SMILES string of the molecule is CCNC1CCCCCCC1n1c(C)nc2ccccc21. The highest BCUT2D eigenvalue weighted by Gasteiger charge is 2.26. The molecular weight excluding hydrogens is 258 g/mol. The van der Waals surface area contributed by atoms with Gasteiger partial charge in [-0.25, -0.2) is 4.98 Å². The van der Waals surface area contributed by atoms with Gasteiger partial charge in [0.15, 0.2) is 0 Å². The Labute approximate surface area is 127 Å². The molecule has 21 heavy (non-hydrogen) atoms. The van der Waals surface area contributed by atoms with Crippen molar-refractivity contribution in [3.8, 4) is 0 Å². The number of fused-ring (bicyclic) bond motifs is 1. The molecule has 3 nitrogen and oxygen atoms in total. The molecule has 0 aliphatic heterocycles. The zero-order chi connectivity index (χ0) is 14.7. The summed E-state index contributed by atoms with van der Waals surface area (Å²) in [6.45, 7) is 5.42. The van der Waals surface area contributed by atoms with E-state index in [1.165, 1.54) is 44.0 Å². The van der Waals surface area contributed by atoms with Gasteiger partial charge in [-0.1, -0.05) is 44.7 Å². The lowest BCUT2D eigenvalue weighted by atomic mass is 9.91. The number of aromatic nitrogens is 2. The predicted octanol–water partition coefficient (Wildman–Crippen LogP) is 4.22. The third kappa shape index (κ3) is 2.98. The Balaban J connectivity index is 2.01. The number of nitrogens with zero attached hydrogens (tertiary/aromatic N) is 2. The third-order valence-corrected chi connectivity index (χ3v) is 4.80. The second-order valence-corrected chi connectivity index (χ2v) is 6.24. The van der Waals surface area contributed by atoms with Crippen molar-refractivity contribution in [2.45, 2.75) is 64.5 Å². The largest absolute Gasteiger partial charge is 0.324 e. The number of hydrogen-bond acceptors (Lipinski definition) is 2. The quantitative estimate of drug-likeness (QED) is 0.915. The van der Waals surface area contributed by atoms with E-state index in [1.807, 2.05) is 0 Å². The van der Waals surface area contributed by atoms with Crippen LogP contribution in [0.5, 0.6) is 0 Å². The van der Waals surface area contributed by atoms with E-state index < -0.39 is 0 Å². The van der Waals surface area contributed by atoms with Crippen molar-refractivity contribution in [2.24, 2.45) is 0 Å². The lowest BCUT2D eigenvalue weighted by Crippen LogP contribution is -2.38. The lowest BCUT2D eigenvalue weighted by molar-refractivity contribution is 0.288. The molecule has 1 aliphatic rings. The van der Waals surface area contributed by atoms with Gasteiger partial charge in [0.2, 0.25) is 0 Å². The maximum absolute atomic E-state index is 4.77. The van der Waals surface area contributed by atoms with Crippen molar-refractivity contribution in [2.75, 3.05) is 6.54 Å². The number of nitrogens with one attached hydrogen (secondary N) is 1. The van der Waals surface area contributed by atoms with Crippen LogP contribution in [0.25, 0.3) is 11.0 Å². The fourth-order valence-corrected chi connectivity index (χ4v) is 3.86. The number of likely N-dealkylation sites (N-methyl/N-ethyl adjacent to an activating group) is 1. The Kier molecular flexibility index (Phi) is 4.59. The number of para-hydroxylation sites is 2. The summed E-state index contributed by atoms with van der Waals surface area (Å²) in [5.41, 5.74) is 2.43. The van der Waals surface area contributed by atoms with Crippen LogP contribution in [0.2, 0.25) is 0 Å². The van der Waals surface area contributed by atoms with Gasteiger partial charge >= 0.3 is 0 Å². The Morgan fingerprint density at radius 3 is 2.71 bits per heavy atom. The number of rotatable bonds is 3. The van der Waals surface area contributed by atoms with Gasteiger partial charge in [0.25, 0.3) is 0 Å². The average molecular weight is 285 g/mol. The van der Waals surface area contributed by atoms with E-state index in [1.54, 1.807) is 0 Å². The van der Waals surface area contributed by atoms with Crippen LogP contribution in [0.4, 0.5) is 0 Å². The van der Waals surface area contributed by atoms with Crippen molar-refractivity contribution in [3.05, 3.63) is 30.1 Å². The summed E-state index contributed by atoms with van der Waals surface area (Å²) in [6, 6.07) is 9.68. The molecular formula is C18H27N3. The van der Waals surface area contributed by atoms with E-state index in [2.05, 4.69) is 48.0 Å². The summed E-state index contributed by atoms with van der Waals surface area (Å²) in [4.78, 5) is 4.77. The van der Waals surface area contributed by atoms with Crippen molar-refractivity contribution >= 4 is 11.0 Å². The fourth-order valence-electron chi connectivity index (χ4n) is 3.86. The Morgan fingerprint density at radius 2 is 1.90 bits per heavy atom. The molecule has 1 fully saturated rings. The van der Waals surface area contributed by atoms with Crippen LogP contribution in [0, 0.1) is 6.92 Å². The van der Waals surface area contributed by atoms with Gasteiger partial charge in [-0.15, -0.1) is 0 Å². The van der Waals surface area contributed by atoms with Crippen LogP contribution in [0.15, 0.2) is 24.3 Å². The van der Waals surface area contributed by atoms with Crippen LogP contribution in [-0.4, -0.2) is 22.1 Å². The average Bonchev–Trinajstić information content (AvgIpc) is 2.79. The van der Waals surface area contributed by atoms with E-state index in [-0.39, 0.29) is 0 Å². The van der Waals surface area contributed by atoms with Gasteiger partial charge in [-0.05, 0) is 38.4 Å². The molecule has 0 spiro atoms. The highest BCUT2D eigenvalue weighted by molar-refractivity contribution is 5.76. The molecule has 0 radical (unpaired) electrons. The first-order chi connectivity index (χ1) is 10.3. The summed E-state index contributed by atoms with van der Waals surface area (Å²) in [6.07, 6.45) is 7.99.